The van der Waals surface area contributed by atoms with Crippen LogP contribution in [0.5, 0.6) is 5.75 Å². The lowest BCUT2D eigenvalue weighted by Crippen LogP contribution is -2.28. The Kier molecular flexibility index (Phi) is 5.21. The predicted octanol–water partition coefficient (Wildman–Crippen LogP) is 4.16. The topological polar surface area (TPSA) is 47.3 Å². The van der Waals surface area contributed by atoms with E-state index in [1.54, 1.807) is 11.3 Å². The Bertz CT molecular complexity index is 564. The van der Waals surface area contributed by atoms with Gasteiger partial charge < -0.3 is 4.74 Å². The number of nitrogens with two attached hydrogens (primary N) is 1. The average molecular weight is 355 g/mol. The third kappa shape index (κ3) is 3.61. The molecule has 1 unspecified atom stereocenters. The van der Waals surface area contributed by atoms with Crippen LogP contribution in [-0.2, 0) is 0 Å². The number of thiophene rings is 1. The van der Waals surface area contributed by atoms with Crippen molar-refractivity contribution in [1.82, 2.24) is 5.43 Å². The van der Waals surface area contributed by atoms with E-state index in [1.807, 2.05) is 32.0 Å². The molecule has 1 atom stereocenters. The van der Waals surface area contributed by atoms with Crippen LogP contribution in [0.1, 0.15) is 35.9 Å². The fourth-order valence-electron chi connectivity index (χ4n) is 2.01. The minimum atomic E-state index is -0.0271. The number of ether oxygens (including phenoxy) is 1. The van der Waals surface area contributed by atoms with Crippen LogP contribution in [0, 0.1) is 6.92 Å². The van der Waals surface area contributed by atoms with Gasteiger partial charge in [-0.25, -0.2) is 5.43 Å². The second-order valence-corrected chi connectivity index (χ2v) is 7.35. The predicted molar refractivity (Wildman–Crippen MR) is 88.1 cm³/mol. The summed E-state index contributed by atoms with van der Waals surface area (Å²) in [6.07, 6.45) is 0.160. The van der Waals surface area contributed by atoms with Gasteiger partial charge in [-0.05, 0) is 66.0 Å². The molecule has 0 saturated carbocycles. The Hall–Kier alpha value is -0.880. The molecule has 1 aromatic carbocycles. The number of aryl methyl sites for hydroxylation is 1. The third-order valence-electron chi connectivity index (χ3n) is 2.89. The number of hydrogen-bond donors (Lipinski definition) is 2. The molecule has 3 nitrogen and oxygen atoms in total. The molecule has 0 radical (unpaired) electrons. The summed E-state index contributed by atoms with van der Waals surface area (Å²) >= 11 is 5.25. The van der Waals surface area contributed by atoms with Crippen molar-refractivity contribution < 1.29 is 4.74 Å². The van der Waals surface area contributed by atoms with E-state index in [0.29, 0.717) is 0 Å². The molecular formula is C15H19BrN2OS. The molecule has 0 aliphatic rings. The summed E-state index contributed by atoms with van der Waals surface area (Å²) in [6.45, 7) is 6.12. The molecule has 1 aromatic heterocycles. The largest absolute Gasteiger partial charge is 0.491 e. The molecule has 20 heavy (non-hydrogen) atoms. The molecular weight excluding hydrogens is 336 g/mol. The minimum Gasteiger partial charge on any atom is -0.491 e. The Balaban J connectivity index is 2.31. The van der Waals surface area contributed by atoms with E-state index < -0.39 is 0 Å². The zero-order valence-electron chi connectivity index (χ0n) is 11.8. The van der Waals surface area contributed by atoms with Crippen LogP contribution in [0.3, 0.4) is 0 Å². The summed E-state index contributed by atoms with van der Waals surface area (Å²) < 4.78 is 6.88. The number of rotatable bonds is 5. The number of halogens is 1. The van der Waals surface area contributed by atoms with Crippen LogP contribution in [0.25, 0.3) is 0 Å². The molecule has 0 fully saturated rings. The first-order valence-corrected chi connectivity index (χ1v) is 8.10. The minimum absolute atomic E-state index is 0.0271. The summed E-state index contributed by atoms with van der Waals surface area (Å²) in [5.74, 6) is 6.61. The smallest absolute Gasteiger partial charge is 0.120 e. The average Bonchev–Trinajstić information content (AvgIpc) is 2.70. The fourth-order valence-corrected chi connectivity index (χ4v) is 3.67. The molecule has 0 amide bonds. The van der Waals surface area contributed by atoms with Crippen molar-refractivity contribution in [1.29, 1.82) is 0 Å². The van der Waals surface area contributed by atoms with Crippen LogP contribution >= 0.6 is 27.3 Å². The lowest BCUT2D eigenvalue weighted by atomic mass is 10.1. The van der Waals surface area contributed by atoms with E-state index >= 15 is 0 Å². The normalized spacial score (nSPS) is 12.7. The zero-order valence-corrected chi connectivity index (χ0v) is 14.2. The van der Waals surface area contributed by atoms with Gasteiger partial charge >= 0.3 is 0 Å². The summed E-state index contributed by atoms with van der Waals surface area (Å²) in [5.41, 5.74) is 5.21. The first kappa shape index (κ1) is 15.5. The molecule has 0 aliphatic heterocycles. The van der Waals surface area contributed by atoms with Gasteiger partial charge in [-0.2, -0.15) is 0 Å². The maximum atomic E-state index is 5.75. The molecule has 0 spiro atoms. The molecule has 3 N–H and O–H groups in total. The van der Waals surface area contributed by atoms with Crippen molar-refractivity contribution in [2.75, 3.05) is 0 Å². The van der Waals surface area contributed by atoms with Crippen molar-refractivity contribution in [3.8, 4) is 5.75 Å². The Morgan fingerprint density at radius 1 is 1.30 bits per heavy atom. The third-order valence-corrected chi connectivity index (χ3v) is 5.09. The van der Waals surface area contributed by atoms with E-state index in [-0.39, 0.29) is 12.1 Å². The highest BCUT2D eigenvalue weighted by molar-refractivity contribution is 9.11. The van der Waals surface area contributed by atoms with Crippen LogP contribution in [0.4, 0.5) is 0 Å². The SMILES string of the molecule is Cc1cc(C(NN)c2cccc(OC(C)C)c2)sc1Br. The molecule has 0 saturated heterocycles. The number of hydrogen-bond acceptors (Lipinski definition) is 4. The first-order valence-electron chi connectivity index (χ1n) is 6.50. The molecule has 5 heteroatoms. The van der Waals surface area contributed by atoms with Crippen LogP contribution < -0.4 is 16.0 Å². The van der Waals surface area contributed by atoms with Crippen molar-refractivity contribution in [3.05, 3.63) is 50.1 Å². The number of hydrazine groups is 1. The van der Waals surface area contributed by atoms with Gasteiger partial charge in [-0.3, -0.25) is 5.84 Å². The highest BCUT2D eigenvalue weighted by Gasteiger charge is 2.16. The standard InChI is InChI=1S/C15H19BrN2OS/c1-9(2)19-12-6-4-5-11(8-12)14(18-17)13-7-10(3)15(16)20-13/h4-9,14,18H,17H2,1-3H3. The first-order chi connectivity index (χ1) is 9.51. The fraction of sp³-hybridized carbons (Fsp3) is 0.333. The second kappa shape index (κ2) is 6.72. The van der Waals surface area contributed by atoms with Gasteiger partial charge in [0.1, 0.15) is 5.75 Å². The van der Waals surface area contributed by atoms with Crippen molar-refractivity contribution in [2.45, 2.75) is 32.9 Å². The number of benzene rings is 1. The molecule has 0 aliphatic carbocycles. The summed E-state index contributed by atoms with van der Waals surface area (Å²) in [7, 11) is 0. The summed E-state index contributed by atoms with van der Waals surface area (Å²) in [6, 6.07) is 10.2. The van der Waals surface area contributed by atoms with Gasteiger partial charge in [0.2, 0.25) is 0 Å². The van der Waals surface area contributed by atoms with Gasteiger partial charge in [0.15, 0.2) is 0 Å². The van der Waals surface area contributed by atoms with Crippen molar-refractivity contribution in [2.24, 2.45) is 5.84 Å². The van der Waals surface area contributed by atoms with E-state index in [9.17, 15) is 0 Å². The molecule has 1 heterocycles. The second-order valence-electron chi connectivity index (χ2n) is 4.94. The Labute approximate surface area is 132 Å². The van der Waals surface area contributed by atoms with Gasteiger partial charge in [0.05, 0.1) is 15.9 Å². The lowest BCUT2D eigenvalue weighted by Gasteiger charge is -2.17. The monoisotopic (exact) mass is 354 g/mol. The highest BCUT2D eigenvalue weighted by atomic mass is 79.9. The van der Waals surface area contributed by atoms with Gasteiger partial charge in [0, 0.05) is 4.88 Å². The van der Waals surface area contributed by atoms with E-state index in [1.165, 1.54) is 10.4 Å². The van der Waals surface area contributed by atoms with E-state index in [4.69, 9.17) is 10.6 Å². The maximum Gasteiger partial charge on any atom is 0.120 e. The Morgan fingerprint density at radius 3 is 2.60 bits per heavy atom. The van der Waals surface area contributed by atoms with Crippen LogP contribution in [-0.4, -0.2) is 6.10 Å². The van der Waals surface area contributed by atoms with E-state index in [0.717, 1.165) is 15.1 Å². The quantitative estimate of drug-likeness (QED) is 0.625. The van der Waals surface area contributed by atoms with Gasteiger partial charge in [-0.1, -0.05) is 12.1 Å². The zero-order chi connectivity index (χ0) is 14.7. The van der Waals surface area contributed by atoms with Gasteiger partial charge in [0.25, 0.3) is 0 Å². The van der Waals surface area contributed by atoms with Crippen molar-refractivity contribution in [3.63, 3.8) is 0 Å². The lowest BCUT2D eigenvalue weighted by molar-refractivity contribution is 0.242. The van der Waals surface area contributed by atoms with E-state index in [2.05, 4.69) is 40.4 Å². The summed E-state index contributed by atoms with van der Waals surface area (Å²) in [5, 5.41) is 0. The molecule has 2 rings (SSSR count). The molecule has 2 aromatic rings. The highest BCUT2D eigenvalue weighted by Crippen LogP contribution is 2.34. The molecule has 108 valence electrons. The number of nitrogens with one attached hydrogen (secondary N) is 1. The van der Waals surface area contributed by atoms with Crippen LogP contribution in [0.15, 0.2) is 34.1 Å². The van der Waals surface area contributed by atoms with Crippen LogP contribution in [0.2, 0.25) is 0 Å². The van der Waals surface area contributed by atoms with Crippen molar-refractivity contribution >= 4 is 27.3 Å². The molecule has 0 bridgehead atoms. The maximum absolute atomic E-state index is 5.75. The summed E-state index contributed by atoms with van der Waals surface area (Å²) in [4.78, 5) is 1.18. The van der Waals surface area contributed by atoms with Gasteiger partial charge in [-0.15, -0.1) is 11.3 Å². The Morgan fingerprint density at radius 2 is 2.05 bits per heavy atom.